The zero-order valence-corrected chi connectivity index (χ0v) is 9.21. The quantitative estimate of drug-likeness (QED) is 0.412. The Morgan fingerprint density at radius 1 is 1.53 bits per heavy atom. The monoisotopic (exact) mass is 211 g/mol. The second-order valence-corrected chi connectivity index (χ2v) is 3.18. The Bertz CT molecular complexity index is 271. The zero-order chi connectivity index (χ0) is 11.8. The summed E-state index contributed by atoms with van der Waals surface area (Å²) in [6.07, 6.45) is 1.89. The Kier molecular flexibility index (Phi) is 6.09. The first-order chi connectivity index (χ1) is 7.01. The minimum Gasteiger partial charge on any atom is -0.438 e. The van der Waals surface area contributed by atoms with Crippen molar-refractivity contribution < 1.29 is 14.3 Å². The summed E-state index contributed by atoms with van der Waals surface area (Å²) in [7, 11) is 0. The molecule has 0 bridgehead atoms. The van der Waals surface area contributed by atoms with Gasteiger partial charge in [-0.15, -0.1) is 0 Å². The topological polar surface area (TPSA) is 55.4 Å². The van der Waals surface area contributed by atoms with Gasteiger partial charge in [0.1, 0.15) is 0 Å². The Hall–Kier alpha value is -1.58. The molecule has 4 heteroatoms. The van der Waals surface area contributed by atoms with Gasteiger partial charge in [0.05, 0.1) is 0 Å². The molecule has 0 aliphatic carbocycles. The molecule has 0 aromatic carbocycles. The van der Waals surface area contributed by atoms with E-state index in [0.29, 0.717) is 12.0 Å². The number of carbonyl (C=O) groups is 2. The van der Waals surface area contributed by atoms with Gasteiger partial charge in [-0.1, -0.05) is 26.5 Å². The molecule has 0 rings (SSSR count). The second-order valence-electron chi connectivity index (χ2n) is 3.18. The van der Waals surface area contributed by atoms with E-state index in [4.69, 9.17) is 4.74 Å². The molecular weight excluding hydrogens is 194 g/mol. The highest BCUT2D eigenvalue weighted by molar-refractivity contribution is 5.89. The molecule has 0 radical (unpaired) electrons. The minimum absolute atomic E-state index is 0.309. The molecule has 0 spiro atoms. The summed E-state index contributed by atoms with van der Waals surface area (Å²) in [4.78, 5) is 22.2. The summed E-state index contributed by atoms with van der Waals surface area (Å²) in [5.74, 6) is -0.860. The standard InChI is InChI=1S/C11H17NO3/c1-5-7-10(12-9(13)6-2)15-11(14)8(3)4/h6,10H,2-3,5,7H2,1,4H3,(H,12,13). The van der Waals surface area contributed by atoms with Gasteiger partial charge in [0.25, 0.3) is 0 Å². The summed E-state index contributed by atoms with van der Waals surface area (Å²) in [5.41, 5.74) is 0.309. The molecule has 1 unspecified atom stereocenters. The molecule has 0 heterocycles. The van der Waals surface area contributed by atoms with Crippen molar-refractivity contribution in [3.63, 3.8) is 0 Å². The lowest BCUT2D eigenvalue weighted by Crippen LogP contribution is -2.37. The van der Waals surface area contributed by atoms with Crippen molar-refractivity contribution in [2.45, 2.75) is 32.9 Å². The van der Waals surface area contributed by atoms with Crippen molar-refractivity contribution in [2.24, 2.45) is 0 Å². The number of hydrogen-bond donors (Lipinski definition) is 1. The van der Waals surface area contributed by atoms with Crippen LogP contribution in [0.2, 0.25) is 0 Å². The predicted molar refractivity (Wildman–Crippen MR) is 57.9 cm³/mol. The van der Waals surface area contributed by atoms with Gasteiger partial charge >= 0.3 is 5.97 Å². The molecule has 0 saturated carbocycles. The Balaban J connectivity index is 4.26. The van der Waals surface area contributed by atoms with Crippen molar-refractivity contribution in [2.75, 3.05) is 0 Å². The van der Waals surface area contributed by atoms with E-state index in [1.807, 2.05) is 6.92 Å². The maximum absolute atomic E-state index is 11.2. The van der Waals surface area contributed by atoms with E-state index in [0.717, 1.165) is 12.5 Å². The van der Waals surface area contributed by atoms with E-state index in [2.05, 4.69) is 18.5 Å². The normalized spacial score (nSPS) is 11.3. The number of rotatable bonds is 6. The molecule has 0 aliphatic rings. The molecule has 84 valence electrons. The summed E-state index contributed by atoms with van der Waals surface area (Å²) < 4.78 is 5.01. The van der Waals surface area contributed by atoms with E-state index in [1.54, 1.807) is 6.92 Å². The van der Waals surface area contributed by atoms with E-state index in [9.17, 15) is 9.59 Å². The Morgan fingerprint density at radius 2 is 2.13 bits per heavy atom. The fourth-order valence-corrected chi connectivity index (χ4v) is 0.870. The van der Waals surface area contributed by atoms with Crippen LogP contribution in [0, 0.1) is 0 Å². The lowest BCUT2D eigenvalue weighted by molar-refractivity contribution is -0.147. The zero-order valence-electron chi connectivity index (χ0n) is 9.21. The van der Waals surface area contributed by atoms with Gasteiger partial charge in [-0.05, 0) is 13.0 Å². The van der Waals surface area contributed by atoms with E-state index >= 15 is 0 Å². The fraction of sp³-hybridized carbons (Fsp3) is 0.455. The van der Waals surface area contributed by atoms with Crippen molar-refractivity contribution in [1.29, 1.82) is 0 Å². The summed E-state index contributed by atoms with van der Waals surface area (Å²) in [6, 6.07) is 0. The van der Waals surface area contributed by atoms with E-state index in [-0.39, 0.29) is 5.91 Å². The summed E-state index contributed by atoms with van der Waals surface area (Å²) in [5, 5.41) is 2.51. The number of amides is 1. The van der Waals surface area contributed by atoms with Crippen LogP contribution in [0.4, 0.5) is 0 Å². The lowest BCUT2D eigenvalue weighted by atomic mass is 10.3. The molecule has 4 nitrogen and oxygen atoms in total. The molecule has 0 aliphatic heterocycles. The van der Waals surface area contributed by atoms with Gasteiger partial charge in [0.15, 0.2) is 6.23 Å². The second kappa shape index (κ2) is 6.81. The first kappa shape index (κ1) is 13.4. The van der Waals surface area contributed by atoms with Crippen molar-refractivity contribution in [1.82, 2.24) is 5.32 Å². The highest BCUT2D eigenvalue weighted by Gasteiger charge is 2.14. The van der Waals surface area contributed by atoms with Gasteiger partial charge in [-0.25, -0.2) is 4.79 Å². The Morgan fingerprint density at radius 3 is 2.53 bits per heavy atom. The first-order valence-corrected chi connectivity index (χ1v) is 4.80. The van der Waals surface area contributed by atoms with Crippen LogP contribution in [-0.2, 0) is 14.3 Å². The fourth-order valence-electron chi connectivity index (χ4n) is 0.870. The SMILES string of the molecule is C=CC(=O)NC(CCC)OC(=O)C(=C)C. The third-order valence-electron chi connectivity index (χ3n) is 1.64. The molecule has 0 saturated heterocycles. The minimum atomic E-state index is -0.607. The molecule has 0 aromatic heterocycles. The highest BCUT2D eigenvalue weighted by atomic mass is 16.6. The van der Waals surface area contributed by atoms with Crippen LogP contribution in [0.1, 0.15) is 26.7 Å². The summed E-state index contributed by atoms with van der Waals surface area (Å²) >= 11 is 0. The maximum atomic E-state index is 11.2. The van der Waals surface area contributed by atoms with E-state index < -0.39 is 12.2 Å². The van der Waals surface area contributed by atoms with Crippen LogP contribution in [0.3, 0.4) is 0 Å². The maximum Gasteiger partial charge on any atom is 0.335 e. The van der Waals surface area contributed by atoms with Crippen LogP contribution in [0.25, 0.3) is 0 Å². The molecule has 1 amide bonds. The molecule has 1 atom stereocenters. The Labute approximate surface area is 90.0 Å². The number of nitrogens with one attached hydrogen (secondary N) is 1. The van der Waals surface area contributed by atoms with Crippen molar-refractivity contribution in [3.8, 4) is 0 Å². The number of esters is 1. The van der Waals surface area contributed by atoms with Crippen LogP contribution in [-0.4, -0.2) is 18.1 Å². The van der Waals surface area contributed by atoms with Gasteiger partial charge in [0.2, 0.25) is 5.91 Å². The molecule has 0 aromatic rings. The lowest BCUT2D eigenvalue weighted by Gasteiger charge is -2.17. The van der Waals surface area contributed by atoms with Gasteiger partial charge in [-0.3, -0.25) is 4.79 Å². The van der Waals surface area contributed by atoms with Crippen LogP contribution in [0.15, 0.2) is 24.8 Å². The third kappa shape index (κ3) is 5.67. The third-order valence-corrected chi connectivity index (χ3v) is 1.64. The van der Waals surface area contributed by atoms with Crippen molar-refractivity contribution in [3.05, 3.63) is 24.8 Å². The average Bonchev–Trinajstić information content (AvgIpc) is 2.17. The number of ether oxygens (including phenoxy) is 1. The summed E-state index contributed by atoms with van der Waals surface area (Å²) in [6.45, 7) is 10.3. The van der Waals surface area contributed by atoms with Gasteiger partial charge in [0, 0.05) is 12.0 Å². The van der Waals surface area contributed by atoms with Crippen LogP contribution >= 0.6 is 0 Å². The van der Waals surface area contributed by atoms with Crippen LogP contribution in [0.5, 0.6) is 0 Å². The van der Waals surface area contributed by atoms with Gasteiger partial charge < -0.3 is 10.1 Å². The van der Waals surface area contributed by atoms with Crippen LogP contribution < -0.4 is 5.32 Å². The molecule has 15 heavy (non-hydrogen) atoms. The average molecular weight is 211 g/mol. The smallest absolute Gasteiger partial charge is 0.335 e. The van der Waals surface area contributed by atoms with Crippen molar-refractivity contribution >= 4 is 11.9 Å². The number of carbonyl (C=O) groups excluding carboxylic acids is 2. The largest absolute Gasteiger partial charge is 0.438 e. The highest BCUT2D eigenvalue weighted by Crippen LogP contribution is 2.02. The molecule has 1 N–H and O–H groups in total. The predicted octanol–water partition coefficient (Wildman–Crippen LogP) is 1.53. The molecule has 0 fully saturated rings. The number of hydrogen-bond acceptors (Lipinski definition) is 3. The van der Waals surface area contributed by atoms with Gasteiger partial charge in [-0.2, -0.15) is 0 Å². The molecular formula is C11H17NO3. The first-order valence-electron chi connectivity index (χ1n) is 4.80. The van der Waals surface area contributed by atoms with E-state index in [1.165, 1.54) is 0 Å².